The standard InChI is InChI=1S/C18H18N2O2S/c1-23-18-15(10-17(19)22)14-9-13(21)7-8-16(14)20(18)11-12-5-3-2-4-6-12/h2-9,21H,10-11H2,1H3,(H2,19,22). The van der Waals surface area contributed by atoms with Crippen LogP contribution in [0, 0.1) is 0 Å². The largest absolute Gasteiger partial charge is 0.508 e. The molecule has 5 heteroatoms. The van der Waals surface area contributed by atoms with Gasteiger partial charge in [0.2, 0.25) is 5.91 Å². The average Bonchev–Trinajstić information content (AvgIpc) is 2.80. The van der Waals surface area contributed by atoms with Gasteiger partial charge in [-0.1, -0.05) is 30.3 Å². The van der Waals surface area contributed by atoms with Gasteiger partial charge in [-0.05, 0) is 30.0 Å². The van der Waals surface area contributed by atoms with Gasteiger partial charge in [0, 0.05) is 23.0 Å². The van der Waals surface area contributed by atoms with Crippen LogP contribution in [-0.4, -0.2) is 21.8 Å². The number of hydrogen-bond acceptors (Lipinski definition) is 3. The highest BCUT2D eigenvalue weighted by Gasteiger charge is 2.18. The molecule has 3 aromatic rings. The van der Waals surface area contributed by atoms with E-state index in [0.29, 0.717) is 6.54 Å². The van der Waals surface area contributed by atoms with Crippen LogP contribution in [0.1, 0.15) is 11.1 Å². The van der Waals surface area contributed by atoms with Gasteiger partial charge in [0.15, 0.2) is 0 Å². The average molecular weight is 326 g/mol. The number of carbonyl (C=O) groups is 1. The normalized spacial score (nSPS) is 11.0. The second-order valence-corrected chi connectivity index (χ2v) is 6.20. The maximum absolute atomic E-state index is 11.5. The summed E-state index contributed by atoms with van der Waals surface area (Å²) in [7, 11) is 0. The molecule has 0 bridgehead atoms. The fourth-order valence-corrected chi connectivity index (χ4v) is 3.70. The molecule has 1 amide bonds. The predicted molar refractivity (Wildman–Crippen MR) is 93.8 cm³/mol. The lowest BCUT2D eigenvalue weighted by Gasteiger charge is -2.10. The molecule has 118 valence electrons. The number of benzene rings is 2. The first-order valence-electron chi connectivity index (χ1n) is 7.30. The fourth-order valence-electron chi connectivity index (χ4n) is 2.89. The number of phenolic OH excluding ortho intramolecular Hbond substituents is 1. The summed E-state index contributed by atoms with van der Waals surface area (Å²) >= 11 is 1.59. The number of primary amides is 1. The summed E-state index contributed by atoms with van der Waals surface area (Å²) in [6.07, 6.45) is 2.15. The van der Waals surface area contributed by atoms with Crippen molar-refractivity contribution >= 4 is 28.6 Å². The van der Waals surface area contributed by atoms with Crippen molar-refractivity contribution in [2.45, 2.75) is 18.0 Å². The maximum Gasteiger partial charge on any atom is 0.221 e. The van der Waals surface area contributed by atoms with Crippen LogP contribution in [0.5, 0.6) is 5.75 Å². The molecule has 0 fully saturated rings. The molecule has 0 aliphatic rings. The molecule has 4 nitrogen and oxygen atoms in total. The first kappa shape index (κ1) is 15.5. The van der Waals surface area contributed by atoms with Gasteiger partial charge in [-0.2, -0.15) is 0 Å². The van der Waals surface area contributed by atoms with Crippen LogP contribution in [0.2, 0.25) is 0 Å². The first-order chi connectivity index (χ1) is 11.1. The fraction of sp³-hybridized carbons (Fsp3) is 0.167. The molecule has 0 radical (unpaired) electrons. The zero-order valence-electron chi connectivity index (χ0n) is 12.8. The number of hydrogen-bond donors (Lipinski definition) is 2. The third-order valence-electron chi connectivity index (χ3n) is 3.83. The number of nitrogens with two attached hydrogens (primary N) is 1. The number of nitrogens with zero attached hydrogens (tertiary/aromatic N) is 1. The van der Waals surface area contributed by atoms with E-state index < -0.39 is 0 Å². The Kier molecular flexibility index (Phi) is 4.30. The van der Waals surface area contributed by atoms with Crippen molar-refractivity contribution in [1.82, 2.24) is 4.57 Å². The Bertz CT molecular complexity index is 856. The lowest BCUT2D eigenvalue weighted by Crippen LogP contribution is -2.14. The van der Waals surface area contributed by atoms with Gasteiger partial charge < -0.3 is 15.4 Å². The lowest BCUT2D eigenvalue weighted by atomic mass is 10.1. The number of amides is 1. The Morgan fingerprint density at radius 2 is 1.96 bits per heavy atom. The molecule has 1 heterocycles. The molecular weight excluding hydrogens is 308 g/mol. The Hall–Kier alpha value is -2.40. The van der Waals surface area contributed by atoms with Gasteiger partial charge in [-0.25, -0.2) is 0 Å². The summed E-state index contributed by atoms with van der Waals surface area (Å²) < 4.78 is 2.17. The van der Waals surface area contributed by atoms with Crippen LogP contribution in [0.4, 0.5) is 0 Å². The second-order valence-electron chi connectivity index (χ2n) is 5.40. The Morgan fingerprint density at radius 3 is 2.61 bits per heavy atom. The molecule has 2 aromatic carbocycles. The molecule has 3 rings (SSSR count). The van der Waals surface area contributed by atoms with E-state index in [-0.39, 0.29) is 18.1 Å². The Morgan fingerprint density at radius 1 is 1.22 bits per heavy atom. The minimum Gasteiger partial charge on any atom is -0.508 e. The quantitative estimate of drug-likeness (QED) is 0.708. The second kappa shape index (κ2) is 6.38. The van der Waals surface area contributed by atoms with E-state index in [4.69, 9.17) is 5.73 Å². The van der Waals surface area contributed by atoms with E-state index in [9.17, 15) is 9.90 Å². The summed E-state index contributed by atoms with van der Waals surface area (Å²) in [5.41, 5.74) is 8.47. The van der Waals surface area contributed by atoms with Crippen LogP contribution >= 0.6 is 11.8 Å². The van der Waals surface area contributed by atoms with Gasteiger partial charge in [0.1, 0.15) is 5.75 Å². The molecule has 1 aromatic heterocycles. The van der Waals surface area contributed by atoms with Crippen molar-refractivity contribution in [3.63, 3.8) is 0 Å². The molecule has 23 heavy (non-hydrogen) atoms. The number of aromatic hydroxyl groups is 1. The van der Waals surface area contributed by atoms with Gasteiger partial charge in [-0.15, -0.1) is 11.8 Å². The number of aromatic nitrogens is 1. The van der Waals surface area contributed by atoms with Crippen molar-refractivity contribution in [3.8, 4) is 5.75 Å². The van der Waals surface area contributed by atoms with Crippen LogP contribution in [0.25, 0.3) is 10.9 Å². The van der Waals surface area contributed by atoms with E-state index >= 15 is 0 Å². The number of rotatable bonds is 5. The van der Waals surface area contributed by atoms with Gasteiger partial charge in [0.05, 0.1) is 11.4 Å². The Labute approximate surface area is 138 Å². The highest BCUT2D eigenvalue weighted by molar-refractivity contribution is 7.98. The molecular formula is C18H18N2O2S. The molecule has 0 unspecified atom stereocenters. The minimum atomic E-state index is -0.373. The number of carbonyl (C=O) groups excluding carboxylic acids is 1. The summed E-state index contributed by atoms with van der Waals surface area (Å²) in [5, 5.41) is 11.7. The highest BCUT2D eigenvalue weighted by atomic mass is 32.2. The molecule has 0 aliphatic carbocycles. The van der Waals surface area contributed by atoms with Gasteiger partial charge in [0.25, 0.3) is 0 Å². The third-order valence-corrected chi connectivity index (χ3v) is 4.68. The van der Waals surface area contributed by atoms with Crippen LogP contribution in [0.15, 0.2) is 53.6 Å². The smallest absolute Gasteiger partial charge is 0.221 e. The van der Waals surface area contributed by atoms with Crippen molar-refractivity contribution in [1.29, 1.82) is 0 Å². The first-order valence-corrected chi connectivity index (χ1v) is 8.53. The predicted octanol–water partition coefficient (Wildman–Crippen LogP) is 3.14. The van der Waals surface area contributed by atoms with Crippen LogP contribution in [0.3, 0.4) is 0 Å². The number of fused-ring (bicyclic) bond motifs is 1. The Balaban J connectivity index is 2.21. The van der Waals surface area contributed by atoms with E-state index in [1.165, 1.54) is 5.56 Å². The van der Waals surface area contributed by atoms with Crippen LogP contribution < -0.4 is 5.73 Å². The van der Waals surface area contributed by atoms with E-state index in [1.807, 2.05) is 30.5 Å². The molecule has 0 saturated heterocycles. The summed E-state index contributed by atoms with van der Waals surface area (Å²) in [4.78, 5) is 11.5. The zero-order chi connectivity index (χ0) is 16.4. The van der Waals surface area contributed by atoms with Crippen molar-refractivity contribution in [3.05, 3.63) is 59.7 Å². The topological polar surface area (TPSA) is 68.2 Å². The molecule has 3 N–H and O–H groups in total. The zero-order valence-corrected chi connectivity index (χ0v) is 13.6. The number of thioether (sulfide) groups is 1. The van der Waals surface area contributed by atoms with Crippen molar-refractivity contribution < 1.29 is 9.90 Å². The summed E-state index contributed by atoms with van der Waals surface area (Å²) in [6.45, 7) is 0.705. The van der Waals surface area contributed by atoms with Crippen molar-refractivity contribution in [2.24, 2.45) is 5.73 Å². The summed E-state index contributed by atoms with van der Waals surface area (Å²) in [6, 6.07) is 15.4. The van der Waals surface area contributed by atoms with Gasteiger partial charge >= 0.3 is 0 Å². The maximum atomic E-state index is 11.5. The molecule has 0 atom stereocenters. The minimum absolute atomic E-state index is 0.165. The lowest BCUT2D eigenvalue weighted by molar-refractivity contribution is -0.117. The highest BCUT2D eigenvalue weighted by Crippen LogP contribution is 2.35. The molecule has 0 spiro atoms. The molecule has 0 aliphatic heterocycles. The summed E-state index contributed by atoms with van der Waals surface area (Å²) in [5.74, 6) is -0.185. The van der Waals surface area contributed by atoms with E-state index in [1.54, 1.807) is 23.9 Å². The van der Waals surface area contributed by atoms with E-state index in [2.05, 4.69) is 16.7 Å². The third kappa shape index (κ3) is 3.05. The SMILES string of the molecule is CSc1c(CC(N)=O)c2cc(O)ccc2n1Cc1ccccc1. The van der Waals surface area contributed by atoms with Crippen molar-refractivity contribution in [2.75, 3.05) is 6.26 Å². The monoisotopic (exact) mass is 326 g/mol. The molecule has 0 saturated carbocycles. The van der Waals surface area contributed by atoms with Crippen LogP contribution in [-0.2, 0) is 17.8 Å². The van der Waals surface area contributed by atoms with E-state index in [0.717, 1.165) is 21.5 Å². The van der Waals surface area contributed by atoms with Gasteiger partial charge in [-0.3, -0.25) is 4.79 Å². The number of phenols is 1.